The van der Waals surface area contributed by atoms with Gasteiger partial charge in [0.1, 0.15) is 18.1 Å². The van der Waals surface area contributed by atoms with E-state index in [1.54, 1.807) is 86.4 Å². The van der Waals surface area contributed by atoms with Gasteiger partial charge >= 0.3 is 11.9 Å². The summed E-state index contributed by atoms with van der Waals surface area (Å²) in [5.74, 6) is -6.88. The minimum absolute atomic E-state index is 0.113. The predicted octanol–water partition coefficient (Wildman–Crippen LogP) is -0.0276. The topological polar surface area (TPSA) is 349 Å². The van der Waals surface area contributed by atoms with Gasteiger partial charge in [0.2, 0.25) is 0 Å². The van der Waals surface area contributed by atoms with E-state index < -0.39 is 147 Å². The largest absolute Gasteiger partial charge is 0.481 e. The molecule has 19 atom stereocenters. The van der Waals surface area contributed by atoms with Crippen LogP contribution in [0.4, 0.5) is 0 Å². The number of cyclic esters (lactones) is 1. The van der Waals surface area contributed by atoms with E-state index in [0.717, 1.165) is 0 Å². The molecule has 3 heterocycles. The van der Waals surface area contributed by atoms with Gasteiger partial charge in [-0.15, -0.1) is 0 Å². The van der Waals surface area contributed by atoms with Crippen molar-refractivity contribution in [1.82, 2.24) is 4.90 Å². The Bertz CT molecular complexity index is 1790. The normalized spacial score (nSPS) is 42.7. The van der Waals surface area contributed by atoms with Crippen LogP contribution >= 0.6 is 0 Å². The van der Waals surface area contributed by atoms with Gasteiger partial charge in [-0.3, -0.25) is 14.5 Å². The van der Waals surface area contributed by atoms with E-state index in [2.05, 4.69) is 0 Å². The number of carbonyl (C=O) groups excluding carboxylic acids is 1. The quantitative estimate of drug-likeness (QED) is 0.142. The van der Waals surface area contributed by atoms with Crippen molar-refractivity contribution in [3.8, 4) is 0 Å². The minimum Gasteiger partial charge on any atom is -0.481 e. The summed E-state index contributed by atoms with van der Waals surface area (Å²) in [5.41, 5.74) is 11.7. The van der Waals surface area contributed by atoms with E-state index in [9.17, 15) is 65.8 Å². The predicted molar refractivity (Wildman–Crippen MR) is 262 cm³/mol. The van der Waals surface area contributed by atoms with Gasteiger partial charge in [0.05, 0.1) is 79.6 Å². The molecule has 404 valence electrons. The van der Waals surface area contributed by atoms with Crippen molar-refractivity contribution in [2.45, 2.75) is 177 Å². The summed E-state index contributed by atoms with van der Waals surface area (Å²) in [6.45, 7) is 7.77. The number of carboxylic acids is 1. The lowest BCUT2D eigenvalue weighted by Crippen LogP contribution is -2.65. The molecule has 12 unspecified atom stereocenters. The lowest BCUT2D eigenvalue weighted by atomic mass is 9.82. The molecule has 2 bridgehead atoms. The molecule has 0 radical (unpaired) electrons. The van der Waals surface area contributed by atoms with E-state index in [-0.39, 0.29) is 57.8 Å². The Labute approximate surface area is 417 Å². The molecule has 15 N–H and O–H groups in total. The van der Waals surface area contributed by atoms with Crippen molar-refractivity contribution >= 4 is 11.9 Å². The highest BCUT2D eigenvalue weighted by Crippen LogP contribution is 2.38. The summed E-state index contributed by atoms with van der Waals surface area (Å²) in [6, 6.07) is -0.919. The fourth-order valence-electron chi connectivity index (χ4n) is 9.09. The number of aliphatic hydroxyl groups is 10. The first-order valence-corrected chi connectivity index (χ1v) is 24.7. The molecular weight excluding hydrogens is 927 g/mol. The number of nitrogens with two attached hydrogens (primary N) is 2. The molecule has 2 saturated heterocycles. The maximum absolute atomic E-state index is 12.7. The molecule has 3 aliphatic rings. The van der Waals surface area contributed by atoms with E-state index in [1.807, 2.05) is 31.2 Å². The van der Waals surface area contributed by atoms with Crippen molar-refractivity contribution in [1.29, 1.82) is 0 Å². The van der Waals surface area contributed by atoms with Gasteiger partial charge < -0.3 is 86.6 Å². The molecule has 20 nitrogen and oxygen atoms in total. The van der Waals surface area contributed by atoms with Gasteiger partial charge in [-0.2, -0.15) is 0 Å². The van der Waals surface area contributed by atoms with Crippen LogP contribution < -0.4 is 11.5 Å². The smallest absolute Gasteiger partial charge is 0.311 e. The second-order valence-corrected chi connectivity index (χ2v) is 19.1. The van der Waals surface area contributed by atoms with Crippen LogP contribution in [-0.4, -0.2) is 197 Å². The maximum Gasteiger partial charge on any atom is 0.311 e. The van der Waals surface area contributed by atoms with E-state index in [0.29, 0.717) is 0 Å². The Morgan fingerprint density at radius 3 is 1.80 bits per heavy atom. The number of carbonyl (C=O) groups is 2. The van der Waals surface area contributed by atoms with Gasteiger partial charge in [0.25, 0.3) is 0 Å². The molecule has 20 heteroatoms. The molecule has 0 saturated carbocycles. The molecule has 0 aromatic rings. The first-order valence-electron chi connectivity index (χ1n) is 24.7. The Balaban J connectivity index is 1.93. The third-order valence-corrected chi connectivity index (χ3v) is 13.2. The zero-order chi connectivity index (χ0) is 52.8. The number of hydrogen-bond donors (Lipinski definition) is 13. The van der Waals surface area contributed by atoms with E-state index >= 15 is 0 Å². The average Bonchev–Trinajstić information content (AvgIpc) is 3.28. The lowest BCUT2D eigenvalue weighted by Gasteiger charge is -2.47. The first-order chi connectivity index (χ1) is 33.6. The van der Waals surface area contributed by atoms with Crippen LogP contribution in [0.5, 0.6) is 0 Å². The lowest BCUT2D eigenvalue weighted by molar-refractivity contribution is -0.312. The molecule has 3 rings (SSSR count). The van der Waals surface area contributed by atoms with Crippen molar-refractivity contribution in [2.75, 3.05) is 26.2 Å². The van der Waals surface area contributed by atoms with E-state index in [1.165, 1.54) is 0 Å². The third-order valence-electron chi connectivity index (χ3n) is 13.2. The zero-order valence-corrected chi connectivity index (χ0v) is 41.4. The standard InChI is InChI=1S/C51H83N3O17/c1-31-17-15-13-11-9-7-5-6-8-10-12-14-16-18-38(70-50-48(64)45(47(63)34(4)69-50)54(23-21-52)24-22-53)28-42-44(49(65)66)41(60)30-51(67,71-42)29-37(57)26-40(59)39(58)20-19-35(55)25-36(56)27-43(61)68-33(3)32(2)46(31)62/h5-18,31-42,44-48,50,55-60,62-64,67H,19-30,52-53H2,1-4H3,(H,65,66)/b6-5+,9-7+,10-8+,13-11+,14-12+,17-15+,18-16+/t31-,32-,33-,34+,35?,36?,37?,38?,39?,40?,41-,42?,44?,45?,46?,47?,48-,50-,51?/m0/s1. The summed E-state index contributed by atoms with van der Waals surface area (Å²) in [7, 11) is 0. The number of hydrogen-bond acceptors (Lipinski definition) is 19. The zero-order valence-electron chi connectivity index (χ0n) is 41.4. The monoisotopic (exact) mass is 1010 g/mol. The molecule has 0 aliphatic carbocycles. The van der Waals surface area contributed by atoms with Crippen molar-refractivity contribution in [2.24, 2.45) is 29.2 Å². The van der Waals surface area contributed by atoms with Crippen LogP contribution in [0.2, 0.25) is 0 Å². The fraction of sp³-hybridized carbons (Fsp3) is 0.686. The summed E-state index contributed by atoms with van der Waals surface area (Å²) < 4.78 is 23.8. The summed E-state index contributed by atoms with van der Waals surface area (Å²) >= 11 is 0. The second-order valence-electron chi connectivity index (χ2n) is 19.1. The summed E-state index contributed by atoms with van der Waals surface area (Å²) in [6.07, 6.45) is 3.47. The number of aliphatic carboxylic acids is 1. The minimum atomic E-state index is -2.35. The Morgan fingerprint density at radius 1 is 0.676 bits per heavy atom. The van der Waals surface area contributed by atoms with Crippen LogP contribution in [0.3, 0.4) is 0 Å². The van der Waals surface area contributed by atoms with Gasteiger partial charge in [-0.05, 0) is 33.1 Å². The van der Waals surface area contributed by atoms with Crippen molar-refractivity contribution < 1.29 is 84.7 Å². The molecule has 71 heavy (non-hydrogen) atoms. The number of aliphatic hydroxyl groups excluding tert-OH is 9. The average molecular weight is 1010 g/mol. The first kappa shape index (κ1) is 61.8. The molecule has 0 aromatic carbocycles. The summed E-state index contributed by atoms with van der Waals surface area (Å²) in [5, 5.41) is 121. The second kappa shape index (κ2) is 31.3. The number of esters is 1. The molecule has 2 fully saturated rings. The number of carboxylic acid groups (broad SMARTS) is 1. The van der Waals surface area contributed by atoms with Crippen LogP contribution in [0.1, 0.15) is 79.1 Å². The van der Waals surface area contributed by atoms with Crippen molar-refractivity contribution in [3.63, 3.8) is 0 Å². The van der Waals surface area contributed by atoms with Crippen LogP contribution in [-0.2, 0) is 28.5 Å². The SMILES string of the molecule is C[C@@H]1OC(=O)CC(O)CC(O)CCC(O)C(O)CC(O)CC2(O)C[C@H](O)C(C(=O)O)C(CC(O[C@@H]3O[C@H](C)C(O)C(N(CCN)CCN)[C@@H]3O)/C=C/C=C/C=C/C=C/C=C/C=C/C=C/[C@H](C)C(O)[C@H]1C)O2. The number of fused-ring (bicyclic) bond motifs is 2. The molecule has 0 amide bonds. The molecule has 3 aliphatic heterocycles. The maximum atomic E-state index is 12.7. The highest BCUT2D eigenvalue weighted by atomic mass is 16.7. The van der Waals surface area contributed by atoms with Gasteiger partial charge in [-0.25, -0.2) is 0 Å². The van der Waals surface area contributed by atoms with Crippen LogP contribution in [0.25, 0.3) is 0 Å². The number of ether oxygens (including phenoxy) is 4. The summed E-state index contributed by atoms with van der Waals surface area (Å²) in [4.78, 5) is 27.1. The van der Waals surface area contributed by atoms with Crippen LogP contribution in [0.15, 0.2) is 85.1 Å². The Morgan fingerprint density at radius 2 is 1.24 bits per heavy atom. The van der Waals surface area contributed by atoms with Gasteiger partial charge in [0.15, 0.2) is 12.1 Å². The highest BCUT2D eigenvalue weighted by molar-refractivity contribution is 5.71. The molecule has 0 spiro atoms. The number of allylic oxidation sites excluding steroid dienone is 12. The molecule has 0 aromatic heterocycles. The Kier molecular flexibility index (Phi) is 27.2. The van der Waals surface area contributed by atoms with Gasteiger partial charge in [0, 0.05) is 63.7 Å². The Hall–Kier alpha value is -3.52. The third kappa shape index (κ3) is 20.7. The number of nitrogens with zero attached hydrogens (tertiary/aromatic N) is 1. The molecular formula is C51H83N3O17. The number of rotatable bonds is 8. The van der Waals surface area contributed by atoms with Gasteiger partial charge in [-0.1, -0.05) is 98.9 Å². The van der Waals surface area contributed by atoms with E-state index in [4.69, 9.17) is 30.4 Å². The fourth-order valence-corrected chi connectivity index (χ4v) is 9.09. The van der Waals surface area contributed by atoms with Crippen LogP contribution in [0, 0.1) is 17.8 Å². The van der Waals surface area contributed by atoms with Crippen molar-refractivity contribution in [3.05, 3.63) is 85.1 Å². The highest BCUT2D eigenvalue weighted by Gasteiger charge is 2.51.